The van der Waals surface area contributed by atoms with Crippen LogP contribution in [0, 0.1) is 11.8 Å². The molecular weight excluding hydrogens is 228 g/mol. The third-order valence-electron chi connectivity index (χ3n) is 4.63. The summed E-state index contributed by atoms with van der Waals surface area (Å²) in [7, 11) is 0. The van der Waals surface area contributed by atoms with E-state index < -0.39 is 0 Å². The molecule has 0 amide bonds. The molecule has 3 rings (SSSR count). The van der Waals surface area contributed by atoms with Gasteiger partial charge in [-0.25, -0.2) is 0 Å². The molecule has 4 heteroatoms. The van der Waals surface area contributed by atoms with Crippen molar-refractivity contribution in [2.75, 3.05) is 52.5 Å². The quantitative estimate of drug-likeness (QED) is 0.771. The second kappa shape index (κ2) is 5.87. The maximum absolute atomic E-state index is 10.2. The van der Waals surface area contributed by atoms with Crippen LogP contribution in [0.3, 0.4) is 0 Å². The zero-order valence-electron chi connectivity index (χ0n) is 11.3. The summed E-state index contributed by atoms with van der Waals surface area (Å²) in [6.07, 6.45) is 3.73. The van der Waals surface area contributed by atoms with Gasteiger partial charge in [0, 0.05) is 51.8 Å². The van der Waals surface area contributed by atoms with E-state index in [0.29, 0.717) is 5.92 Å². The largest absolute Gasteiger partial charge is 0.391 e. The van der Waals surface area contributed by atoms with Gasteiger partial charge in [-0.15, -0.1) is 0 Å². The average Bonchev–Trinajstić information content (AvgIpc) is 3.02. The first-order valence-corrected chi connectivity index (χ1v) is 7.52. The smallest absolute Gasteiger partial charge is 0.0718 e. The van der Waals surface area contributed by atoms with Crippen molar-refractivity contribution in [2.45, 2.75) is 25.4 Å². The van der Waals surface area contributed by atoms with E-state index in [1.165, 1.54) is 32.5 Å². The highest BCUT2D eigenvalue weighted by atomic mass is 16.5. The normalized spacial score (nSPS) is 32.8. The van der Waals surface area contributed by atoms with Gasteiger partial charge >= 0.3 is 0 Å². The first-order valence-electron chi connectivity index (χ1n) is 7.52. The van der Waals surface area contributed by atoms with Gasteiger partial charge in [-0.2, -0.15) is 0 Å². The summed E-state index contributed by atoms with van der Waals surface area (Å²) in [5, 5.41) is 10.2. The SMILES string of the molecule is OC(CN1CCN(CC2CC2)CC1)C1CCOC1. The van der Waals surface area contributed by atoms with Crippen LogP contribution in [0.25, 0.3) is 0 Å². The average molecular weight is 254 g/mol. The van der Waals surface area contributed by atoms with Crippen LogP contribution in [0.1, 0.15) is 19.3 Å². The number of nitrogens with zero attached hydrogens (tertiary/aromatic N) is 2. The number of β-amino-alcohol motifs (C(OH)–C–C–N with tert-alkyl or cyclic N) is 1. The summed E-state index contributed by atoms with van der Waals surface area (Å²) in [6, 6.07) is 0. The van der Waals surface area contributed by atoms with Crippen LogP contribution in [0.5, 0.6) is 0 Å². The molecule has 0 aromatic heterocycles. The predicted molar refractivity (Wildman–Crippen MR) is 70.5 cm³/mol. The van der Waals surface area contributed by atoms with Gasteiger partial charge in [-0.3, -0.25) is 4.90 Å². The number of ether oxygens (including phenoxy) is 1. The van der Waals surface area contributed by atoms with Gasteiger partial charge in [0.1, 0.15) is 0 Å². The van der Waals surface area contributed by atoms with Gasteiger partial charge in [-0.1, -0.05) is 0 Å². The summed E-state index contributed by atoms with van der Waals surface area (Å²) in [5.74, 6) is 1.37. The molecule has 18 heavy (non-hydrogen) atoms. The molecule has 0 aromatic rings. The lowest BCUT2D eigenvalue weighted by molar-refractivity contribution is 0.0358. The van der Waals surface area contributed by atoms with Crippen LogP contribution in [-0.2, 0) is 4.74 Å². The molecule has 0 spiro atoms. The van der Waals surface area contributed by atoms with E-state index in [-0.39, 0.29) is 6.10 Å². The van der Waals surface area contributed by atoms with E-state index in [2.05, 4.69) is 9.80 Å². The predicted octanol–water partition coefficient (Wildman–Crippen LogP) is 0.411. The van der Waals surface area contributed by atoms with Gasteiger partial charge < -0.3 is 14.7 Å². The highest BCUT2D eigenvalue weighted by Crippen LogP contribution is 2.30. The van der Waals surface area contributed by atoms with Crippen LogP contribution >= 0.6 is 0 Å². The maximum Gasteiger partial charge on any atom is 0.0718 e. The van der Waals surface area contributed by atoms with Crippen LogP contribution in [0.2, 0.25) is 0 Å². The second-order valence-corrected chi connectivity index (χ2v) is 6.24. The molecule has 2 saturated heterocycles. The first kappa shape index (κ1) is 12.9. The van der Waals surface area contributed by atoms with Crippen LogP contribution in [0.15, 0.2) is 0 Å². The van der Waals surface area contributed by atoms with E-state index >= 15 is 0 Å². The summed E-state index contributed by atoms with van der Waals surface area (Å²) < 4.78 is 5.35. The summed E-state index contributed by atoms with van der Waals surface area (Å²) in [4.78, 5) is 5.02. The molecule has 0 radical (unpaired) electrons. The third-order valence-corrected chi connectivity index (χ3v) is 4.63. The number of hydrogen-bond acceptors (Lipinski definition) is 4. The van der Waals surface area contributed by atoms with Crippen molar-refractivity contribution in [1.82, 2.24) is 9.80 Å². The Morgan fingerprint density at radius 1 is 1.06 bits per heavy atom. The molecule has 3 aliphatic rings. The topological polar surface area (TPSA) is 35.9 Å². The fourth-order valence-corrected chi connectivity index (χ4v) is 3.09. The minimum Gasteiger partial charge on any atom is -0.391 e. The molecule has 2 aliphatic heterocycles. The fraction of sp³-hybridized carbons (Fsp3) is 1.00. The lowest BCUT2D eigenvalue weighted by atomic mass is 10.0. The highest BCUT2D eigenvalue weighted by Gasteiger charge is 2.29. The van der Waals surface area contributed by atoms with E-state index in [4.69, 9.17) is 4.74 Å². The van der Waals surface area contributed by atoms with Crippen molar-refractivity contribution in [3.05, 3.63) is 0 Å². The molecule has 2 heterocycles. The number of aliphatic hydroxyl groups is 1. The standard InChI is InChI=1S/C14H26N2O2/c17-14(13-3-8-18-11-13)10-16-6-4-15(5-7-16)9-12-1-2-12/h12-14,17H,1-11H2. The highest BCUT2D eigenvalue weighted by molar-refractivity contribution is 4.82. The van der Waals surface area contributed by atoms with Crippen molar-refractivity contribution < 1.29 is 9.84 Å². The maximum atomic E-state index is 10.2. The molecule has 0 bridgehead atoms. The monoisotopic (exact) mass is 254 g/mol. The number of aliphatic hydroxyl groups excluding tert-OH is 1. The van der Waals surface area contributed by atoms with Crippen molar-refractivity contribution in [3.63, 3.8) is 0 Å². The number of hydrogen-bond donors (Lipinski definition) is 1. The molecular formula is C14H26N2O2. The molecule has 3 fully saturated rings. The van der Waals surface area contributed by atoms with Crippen molar-refractivity contribution in [2.24, 2.45) is 11.8 Å². The van der Waals surface area contributed by atoms with Crippen molar-refractivity contribution in [1.29, 1.82) is 0 Å². The Balaban J connectivity index is 1.36. The van der Waals surface area contributed by atoms with E-state index in [0.717, 1.165) is 45.2 Å². The summed E-state index contributed by atoms with van der Waals surface area (Å²) in [5.41, 5.74) is 0. The fourth-order valence-electron chi connectivity index (χ4n) is 3.09. The zero-order chi connectivity index (χ0) is 12.4. The molecule has 2 atom stereocenters. The number of rotatable bonds is 5. The van der Waals surface area contributed by atoms with Crippen LogP contribution < -0.4 is 0 Å². The number of piperazine rings is 1. The lowest BCUT2D eigenvalue weighted by Gasteiger charge is -2.36. The first-order chi connectivity index (χ1) is 8.81. The van der Waals surface area contributed by atoms with Gasteiger partial charge in [0.2, 0.25) is 0 Å². The van der Waals surface area contributed by atoms with E-state index in [1.54, 1.807) is 0 Å². The van der Waals surface area contributed by atoms with Crippen molar-refractivity contribution >= 4 is 0 Å². The lowest BCUT2D eigenvalue weighted by Crippen LogP contribution is -2.49. The molecule has 1 aliphatic carbocycles. The zero-order valence-corrected chi connectivity index (χ0v) is 11.3. The Morgan fingerprint density at radius 3 is 2.39 bits per heavy atom. The molecule has 1 N–H and O–H groups in total. The molecule has 0 aromatic carbocycles. The minimum absolute atomic E-state index is 0.192. The van der Waals surface area contributed by atoms with Gasteiger partial charge in [-0.05, 0) is 25.2 Å². The Bertz CT molecular complexity index is 257. The Morgan fingerprint density at radius 2 is 1.78 bits per heavy atom. The summed E-state index contributed by atoms with van der Waals surface area (Å²) >= 11 is 0. The molecule has 2 unspecified atom stereocenters. The Kier molecular flexibility index (Phi) is 4.19. The molecule has 104 valence electrons. The Hall–Kier alpha value is -0.160. The van der Waals surface area contributed by atoms with E-state index in [1.807, 2.05) is 0 Å². The van der Waals surface area contributed by atoms with Gasteiger partial charge in [0.25, 0.3) is 0 Å². The molecule has 4 nitrogen and oxygen atoms in total. The van der Waals surface area contributed by atoms with Gasteiger partial charge in [0.15, 0.2) is 0 Å². The Labute approximate surface area is 110 Å². The van der Waals surface area contributed by atoms with Crippen molar-refractivity contribution in [3.8, 4) is 0 Å². The summed E-state index contributed by atoms with van der Waals surface area (Å²) in [6.45, 7) is 8.35. The van der Waals surface area contributed by atoms with Gasteiger partial charge in [0.05, 0.1) is 12.7 Å². The third kappa shape index (κ3) is 3.44. The minimum atomic E-state index is -0.192. The van der Waals surface area contributed by atoms with Crippen LogP contribution in [0.4, 0.5) is 0 Å². The van der Waals surface area contributed by atoms with E-state index in [9.17, 15) is 5.11 Å². The second-order valence-electron chi connectivity index (χ2n) is 6.24. The van der Waals surface area contributed by atoms with Crippen LogP contribution in [-0.4, -0.2) is 73.5 Å². The molecule has 1 saturated carbocycles.